The van der Waals surface area contributed by atoms with Gasteiger partial charge in [-0.3, -0.25) is 0 Å². The van der Waals surface area contributed by atoms with E-state index < -0.39 is 5.97 Å². The van der Waals surface area contributed by atoms with Crippen LogP contribution in [0.25, 0.3) is 10.9 Å². The van der Waals surface area contributed by atoms with Gasteiger partial charge in [0, 0.05) is 22.3 Å². The van der Waals surface area contributed by atoms with Gasteiger partial charge in [-0.15, -0.1) is 0 Å². The molecule has 0 aliphatic carbocycles. The molecular weight excluding hydrogens is 210 g/mol. The summed E-state index contributed by atoms with van der Waals surface area (Å²) in [7, 11) is 0. The number of fused-ring (bicyclic) bond motifs is 1. The highest BCUT2D eigenvalue weighted by molar-refractivity contribution is 7.97. The first-order chi connectivity index (χ1) is 7.22. The predicted octanol–water partition coefficient (Wildman–Crippen LogP) is 2.73. The first kappa shape index (κ1) is 10.1. The number of H-pyrrole nitrogens is 1. The Hall–Kier alpha value is -1.42. The second-order valence-electron chi connectivity index (χ2n) is 3.30. The molecule has 3 nitrogen and oxygen atoms in total. The van der Waals surface area contributed by atoms with Crippen LogP contribution >= 0.6 is 11.8 Å². The highest BCUT2D eigenvalue weighted by Gasteiger charge is 2.09. The van der Waals surface area contributed by atoms with E-state index in [4.69, 9.17) is 5.11 Å². The molecule has 0 fully saturated rings. The number of carboxylic acid groups (broad SMARTS) is 1. The van der Waals surface area contributed by atoms with Crippen LogP contribution in [0.5, 0.6) is 0 Å². The van der Waals surface area contributed by atoms with Gasteiger partial charge in [0.15, 0.2) is 0 Å². The van der Waals surface area contributed by atoms with E-state index in [0.29, 0.717) is 5.56 Å². The number of carboxylic acids is 1. The first-order valence-corrected chi connectivity index (χ1v) is 5.94. The normalized spacial score (nSPS) is 10.7. The monoisotopic (exact) mass is 221 g/mol. The van der Waals surface area contributed by atoms with Crippen LogP contribution in [0.3, 0.4) is 0 Å². The van der Waals surface area contributed by atoms with E-state index in [1.165, 1.54) is 0 Å². The molecule has 0 bridgehead atoms. The number of rotatable bonds is 3. The number of aromatic nitrogens is 1. The Morgan fingerprint density at radius 1 is 1.53 bits per heavy atom. The van der Waals surface area contributed by atoms with Crippen molar-refractivity contribution in [3.8, 4) is 0 Å². The van der Waals surface area contributed by atoms with Crippen molar-refractivity contribution in [2.24, 2.45) is 0 Å². The molecule has 78 valence electrons. The highest BCUT2D eigenvalue weighted by Crippen LogP contribution is 2.21. The summed E-state index contributed by atoms with van der Waals surface area (Å²) >= 11 is 1.71. The Kier molecular flexibility index (Phi) is 2.68. The summed E-state index contributed by atoms with van der Waals surface area (Å²) in [5.41, 5.74) is 2.31. The van der Waals surface area contributed by atoms with Gasteiger partial charge in [-0.1, -0.05) is 6.07 Å². The minimum atomic E-state index is -0.879. The van der Waals surface area contributed by atoms with Gasteiger partial charge >= 0.3 is 5.97 Å². The molecule has 0 saturated heterocycles. The topological polar surface area (TPSA) is 53.1 Å². The van der Waals surface area contributed by atoms with Crippen LogP contribution in [0.15, 0.2) is 24.3 Å². The smallest absolute Gasteiger partial charge is 0.336 e. The lowest BCUT2D eigenvalue weighted by Crippen LogP contribution is -1.95. The quantitative estimate of drug-likeness (QED) is 0.837. The van der Waals surface area contributed by atoms with E-state index in [-0.39, 0.29) is 0 Å². The van der Waals surface area contributed by atoms with E-state index >= 15 is 0 Å². The molecule has 4 heteroatoms. The van der Waals surface area contributed by atoms with Crippen molar-refractivity contribution < 1.29 is 9.90 Å². The average molecular weight is 221 g/mol. The molecule has 0 aliphatic heterocycles. The minimum Gasteiger partial charge on any atom is -0.478 e. The van der Waals surface area contributed by atoms with Gasteiger partial charge in [0.05, 0.1) is 5.56 Å². The molecule has 0 saturated carbocycles. The lowest BCUT2D eigenvalue weighted by Gasteiger charge is -1.94. The molecule has 0 spiro atoms. The zero-order valence-electron chi connectivity index (χ0n) is 8.28. The molecule has 0 aliphatic rings. The zero-order valence-corrected chi connectivity index (χ0v) is 9.10. The second kappa shape index (κ2) is 3.98. The van der Waals surface area contributed by atoms with Crippen molar-refractivity contribution in [1.82, 2.24) is 4.98 Å². The molecule has 0 atom stereocenters. The number of benzene rings is 1. The summed E-state index contributed by atoms with van der Waals surface area (Å²) in [5.74, 6) is -0.0106. The molecule has 1 aromatic heterocycles. The van der Waals surface area contributed by atoms with Crippen molar-refractivity contribution in [3.63, 3.8) is 0 Å². The molecule has 0 amide bonds. The van der Waals surface area contributed by atoms with Crippen LogP contribution in [0.1, 0.15) is 16.1 Å². The zero-order chi connectivity index (χ0) is 10.8. The predicted molar refractivity (Wildman–Crippen MR) is 62.5 cm³/mol. The van der Waals surface area contributed by atoms with Crippen LogP contribution < -0.4 is 0 Å². The molecule has 2 rings (SSSR count). The maximum Gasteiger partial charge on any atom is 0.336 e. The highest BCUT2D eigenvalue weighted by atomic mass is 32.2. The van der Waals surface area contributed by atoms with Gasteiger partial charge in [0.25, 0.3) is 0 Å². The van der Waals surface area contributed by atoms with E-state index in [1.54, 1.807) is 23.9 Å². The van der Waals surface area contributed by atoms with Crippen molar-refractivity contribution in [3.05, 3.63) is 35.5 Å². The number of thioether (sulfide) groups is 1. The van der Waals surface area contributed by atoms with Crippen LogP contribution in [0.2, 0.25) is 0 Å². The largest absolute Gasteiger partial charge is 0.478 e. The van der Waals surface area contributed by atoms with Gasteiger partial charge in [-0.05, 0) is 24.5 Å². The summed E-state index contributed by atoms with van der Waals surface area (Å²) in [6.07, 6.45) is 2.02. The lowest BCUT2D eigenvalue weighted by molar-refractivity contribution is 0.0699. The van der Waals surface area contributed by atoms with Crippen molar-refractivity contribution in [1.29, 1.82) is 0 Å². The first-order valence-electron chi connectivity index (χ1n) is 4.55. The van der Waals surface area contributed by atoms with Crippen molar-refractivity contribution in [2.45, 2.75) is 5.75 Å². The molecule has 0 radical (unpaired) electrons. The fourth-order valence-electron chi connectivity index (χ4n) is 1.63. The fourth-order valence-corrected chi connectivity index (χ4v) is 2.10. The third kappa shape index (κ3) is 1.85. The summed E-state index contributed by atoms with van der Waals surface area (Å²) < 4.78 is 0. The van der Waals surface area contributed by atoms with E-state index in [1.807, 2.05) is 18.4 Å². The number of aromatic amines is 1. The standard InChI is InChI=1S/C11H11NO2S/c1-15-6-7-5-9-8(11(13)14)3-2-4-10(9)12-7/h2-5,12H,6H2,1H3,(H,13,14). The summed E-state index contributed by atoms with van der Waals surface area (Å²) in [5, 5.41) is 9.79. The minimum absolute atomic E-state index is 0.358. The third-order valence-corrected chi connectivity index (χ3v) is 2.85. The molecule has 15 heavy (non-hydrogen) atoms. The number of hydrogen-bond acceptors (Lipinski definition) is 2. The third-order valence-electron chi connectivity index (χ3n) is 2.25. The van der Waals surface area contributed by atoms with Crippen LogP contribution in [0, 0.1) is 0 Å². The fraction of sp³-hybridized carbons (Fsp3) is 0.182. The van der Waals surface area contributed by atoms with E-state index in [0.717, 1.165) is 22.3 Å². The number of carbonyl (C=O) groups is 1. The van der Waals surface area contributed by atoms with E-state index in [2.05, 4.69) is 4.98 Å². The molecule has 1 heterocycles. The number of hydrogen-bond donors (Lipinski definition) is 2. The molecule has 1 aromatic carbocycles. The number of nitrogens with one attached hydrogen (secondary N) is 1. The van der Waals surface area contributed by atoms with Crippen LogP contribution in [-0.2, 0) is 5.75 Å². The second-order valence-corrected chi connectivity index (χ2v) is 4.17. The van der Waals surface area contributed by atoms with Crippen LogP contribution in [0.4, 0.5) is 0 Å². The molecule has 2 N–H and O–H groups in total. The summed E-state index contributed by atoms with van der Waals surface area (Å²) in [6, 6.07) is 7.19. The Balaban J connectivity index is 2.59. The van der Waals surface area contributed by atoms with Gasteiger partial charge in [0.2, 0.25) is 0 Å². The number of aromatic carboxylic acids is 1. The molecule has 0 unspecified atom stereocenters. The summed E-state index contributed by atoms with van der Waals surface area (Å²) in [6.45, 7) is 0. The van der Waals surface area contributed by atoms with Gasteiger partial charge < -0.3 is 10.1 Å². The van der Waals surface area contributed by atoms with Crippen molar-refractivity contribution in [2.75, 3.05) is 6.26 Å². The molecular formula is C11H11NO2S. The van der Waals surface area contributed by atoms with Gasteiger partial charge in [0.1, 0.15) is 0 Å². The molecule has 2 aromatic rings. The Morgan fingerprint density at radius 2 is 2.33 bits per heavy atom. The summed E-state index contributed by atoms with van der Waals surface area (Å²) in [4.78, 5) is 14.2. The van der Waals surface area contributed by atoms with Crippen molar-refractivity contribution >= 4 is 28.6 Å². The Morgan fingerprint density at radius 3 is 3.00 bits per heavy atom. The average Bonchev–Trinajstić information content (AvgIpc) is 2.59. The lowest BCUT2D eigenvalue weighted by atomic mass is 10.1. The maximum absolute atomic E-state index is 11.0. The van der Waals surface area contributed by atoms with Crippen LogP contribution in [-0.4, -0.2) is 22.3 Å². The van der Waals surface area contributed by atoms with Gasteiger partial charge in [-0.25, -0.2) is 4.79 Å². The Bertz CT molecular complexity index is 504. The SMILES string of the molecule is CSCc1cc2c(C(=O)O)cccc2[nH]1. The Labute approximate surface area is 91.5 Å². The maximum atomic E-state index is 11.0. The van der Waals surface area contributed by atoms with E-state index in [9.17, 15) is 4.79 Å². The van der Waals surface area contributed by atoms with Gasteiger partial charge in [-0.2, -0.15) is 11.8 Å².